The van der Waals surface area contributed by atoms with Crippen LogP contribution >= 0.6 is 0 Å². The molecular weight excluding hydrogens is 368 g/mol. The van der Waals surface area contributed by atoms with Gasteiger partial charge in [0.1, 0.15) is 5.58 Å². The quantitative estimate of drug-likeness (QED) is 0.723. The molecule has 1 N–H and O–H groups in total. The Morgan fingerprint density at radius 3 is 2.48 bits per heavy atom. The van der Waals surface area contributed by atoms with Crippen molar-refractivity contribution in [1.82, 2.24) is 10.2 Å². The third-order valence-electron chi connectivity index (χ3n) is 5.27. The van der Waals surface area contributed by atoms with E-state index in [0.717, 1.165) is 18.7 Å². The summed E-state index contributed by atoms with van der Waals surface area (Å²) in [6, 6.07) is 18.1. The second-order valence-corrected chi connectivity index (χ2v) is 7.24. The van der Waals surface area contributed by atoms with Gasteiger partial charge in [-0.15, -0.1) is 0 Å². The van der Waals surface area contributed by atoms with E-state index in [9.17, 15) is 9.59 Å². The first-order valence-electron chi connectivity index (χ1n) is 9.84. The molecule has 1 aliphatic rings. The predicted octanol–water partition coefficient (Wildman–Crippen LogP) is 2.98. The monoisotopic (exact) mass is 392 g/mol. The number of carbonyl (C=O) groups is 1. The average Bonchev–Trinajstić information content (AvgIpc) is 2.75. The average molecular weight is 392 g/mol. The molecule has 29 heavy (non-hydrogen) atoms. The van der Waals surface area contributed by atoms with Crippen molar-refractivity contribution >= 4 is 16.9 Å². The number of rotatable bonds is 5. The molecule has 150 valence electrons. The number of para-hydroxylation sites is 1. The van der Waals surface area contributed by atoms with Crippen LogP contribution in [0, 0.1) is 0 Å². The molecule has 1 saturated heterocycles. The molecule has 0 bridgehead atoms. The number of nitrogens with zero attached hydrogens (tertiary/aromatic N) is 1. The van der Waals surface area contributed by atoms with Gasteiger partial charge in [-0.2, -0.15) is 0 Å². The zero-order chi connectivity index (χ0) is 20.2. The van der Waals surface area contributed by atoms with Crippen molar-refractivity contribution in [3.05, 3.63) is 82.2 Å². The van der Waals surface area contributed by atoms with Crippen molar-refractivity contribution in [3.63, 3.8) is 0 Å². The van der Waals surface area contributed by atoms with Crippen LogP contribution < -0.4 is 10.7 Å². The molecule has 0 spiro atoms. The third-order valence-corrected chi connectivity index (χ3v) is 5.27. The maximum Gasteiger partial charge on any atom is 0.287 e. The molecule has 0 aliphatic carbocycles. The van der Waals surface area contributed by atoms with Crippen molar-refractivity contribution in [1.29, 1.82) is 0 Å². The lowest BCUT2D eigenvalue weighted by Gasteiger charge is -2.38. The Morgan fingerprint density at radius 1 is 1.03 bits per heavy atom. The van der Waals surface area contributed by atoms with Gasteiger partial charge < -0.3 is 14.5 Å². The van der Waals surface area contributed by atoms with Crippen molar-refractivity contribution in [2.45, 2.75) is 19.0 Å². The second kappa shape index (κ2) is 8.59. The van der Waals surface area contributed by atoms with Gasteiger partial charge in [-0.3, -0.25) is 14.5 Å². The fourth-order valence-corrected chi connectivity index (χ4v) is 3.89. The molecule has 6 nitrogen and oxygen atoms in total. The van der Waals surface area contributed by atoms with Crippen LogP contribution in [0.2, 0.25) is 0 Å². The van der Waals surface area contributed by atoms with Gasteiger partial charge in [0.25, 0.3) is 5.91 Å². The summed E-state index contributed by atoms with van der Waals surface area (Å²) in [5.41, 5.74) is 1.31. The number of morpholine rings is 1. The van der Waals surface area contributed by atoms with E-state index in [1.54, 1.807) is 24.3 Å². The van der Waals surface area contributed by atoms with Gasteiger partial charge in [-0.1, -0.05) is 42.5 Å². The van der Waals surface area contributed by atoms with E-state index >= 15 is 0 Å². The van der Waals surface area contributed by atoms with Crippen molar-refractivity contribution in [2.24, 2.45) is 0 Å². The lowest BCUT2D eigenvalue weighted by atomic mass is 9.98. The molecule has 0 radical (unpaired) electrons. The van der Waals surface area contributed by atoms with Crippen LogP contribution in [0.15, 0.2) is 69.9 Å². The molecule has 4 rings (SSSR count). The van der Waals surface area contributed by atoms with E-state index in [1.807, 2.05) is 25.1 Å². The number of amides is 1. The zero-order valence-electron chi connectivity index (χ0n) is 16.3. The first-order valence-corrected chi connectivity index (χ1v) is 9.84. The van der Waals surface area contributed by atoms with Crippen molar-refractivity contribution in [3.8, 4) is 0 Å². The SMILES string of the molecule is CC(NC(=O)c1cc(=O)c2ccccc2o1)C(c1ccccc1)N1CCOCC1. The van der Waals surface area contributed by atoms with Crippen molar-refractivity contribution < 1.29 is 13.9 Å². The Balaban J connectivity index is 1.59. The number of hydrogen-bond donors (Lipinski definition) is 1. The topological polar surface area (TPSA) is 71.8 Å². The van der Waals surface area contributed by atoms with Gasteiger partial charge in [0.15, 0.2) is 11.2 Å². The summed E-state index contributed by atoms with van der Waals surface area (Å²) in [7, 11) is 0. The Labute approximate surface area is 169 Å². The first-order chi connectivity index (χ1) is 14.1. The Kier molecular flexibility index (Phi) is 5.74. The van der Waals surface area contributed by atoms with Crippen LogP contribution in [0.1, 0.15) is 29.1 Å². The van der Waals surface area contributed by atoms with Crippen LogP contribution in [0.3, 0.4) is 0 Å². The van der Waals surface area contributed by atoms with E-state index in [1.165, 1.54) is 6.07 Å². The fraction of sp³-hybridized carbons (Fsp3) is 0.304. The van der Waals surface area contributed by atoms with Gasteiger partial charge in [-0.25, -0.2) is 0 Å². The standard InChI is InChI=1S/C23H24N2O4/c1-16(22(17-7-3-2-4-8-17)25-11-13-28-14-12-25)24-23(27)21-15-19(26)18-9-5-6-10-20(18)29-21/h2-10,15-16,22H,11-14H2,1H3,(H,24,27). The van der Waals surface area contributed by atoms with E-state index in [4.69, 9.17) is 9.15 Å². The molecule has 6 heteroatoms. The fourth-order valence-electron chi connectivity index (χ4n) is 3.89. The molecule has 2 atom stereocenters. The highest BCUT2D eigenvalue weighted by Gasteiger charge is 2.29. The summed E-state index contributed by atoms with van der Waals surface area (Å²) < 4.78 is 11.2. The van der Waals surface area contributed by atoms with E-state index < -0.39 is 5.91 Å². The maximum absolute atomic E-state index is 12.9. The van der Waals surface area contributed by atoms with Crippen LogP contribution in [-0.2, 0) is 4.74 Å². The first kappa shape index (κ1) is 19.4. The molecule has 2 aromatic carbocycles. The number of benzene rings is 2. The van der Waals surface area contributed by atoms with Gasteiger partial charge in [0.2, 0.25) is 0 Å². The summed E-state index contributed by atoms with van der Waals surface area (Å²) in [5, 5.41) is 3.50. The molecule has 1 aromatic heterocycles. The highest BCUT2D eigenvalue weighted by atomic mass is 16.5. The second-order valence-electron chi connectivity index (χ2n) is 7.24. The molecule has 3 aromatic rings. The lowest BCUT2D eigenvalue weighted by Crippen LogP contribution is -2.48. The van der Waals surface area contributed by atoms with Gasteiger partial charge in [0.05, 0.1) is 24.6 Å². The summed E-state index contributed by atoms with van der Waals surface area (Å²) in [5.74, 6) is -0.371. The van der Waals surface area contributed by atoms with Gasteiger partial charge in [0, 0.05) is 25.2 Å². The molecule has 1 fully saturated rings. The largest absolute Gasteiger partial charge is 0.451 e. The van der Waals surface area contributed by atoms with Crippen molar-refractivity contribution in [2.75, 3.05) is 26.3 Å². The van der Waals surface area contributed by atoms with E-state index in [2.05, 4.69) is 22.3 Å². The summed E-state index contributed by atoms with van der Waals surface area (Å²) >= 11 is 0. The minimum atomic E-state index is -0.394. The number of carbonyl (C=O) groups excluding carboxylic acids is 1. The summed E-state index contributed by atoms with van der Waals surface area (Å²) in [4.78, 5) is 27.5. The molecule has 0 saturated carbocycles. The van der Waals surface area contributed by atoms with Crippen LogP contribution in [0.25, 0.3) is 11.0 Å². The number of fused-ring (bicyclic) bond motifs is 1. The Bertz CT molecular complexity index is 1040. The zero-order valence-corrected chi connectivity index (χ0v) is 16.3. The number of hydrogen-bond acceptors (Lipinski definition) is 5. The summed E-state index contributed by atoms with van der Waals surface area (Å²) in [6.45, 7) is 4.91. The van der Waals surface area contributed by atoms with E-state index in [0.29, 0.717) is 24.2 Å². The van der Waals surface area contributed by atoms with Gasteiger partial charge in [-0.05, 0) is 24.6 Å². The van der Waals surface area contributed by atoms with Crippen LogP contribution in [0.5, 0.6) is 0 Å². The minimum absolute atomic E-state index is 0.00349. The third kappa shape index (κ3) is 4.23. The Hall–Kier alpha value is -2.96. The number of nitrogens with one attached hydrogen (secondary N) is 1. The normalized spacial score (nSPS) is 17.0. The maximum atomic E-state index is 12.9. The molecule has 2 heterocycles. The molecule has 1 amide bonds. The highest BCUT2D eigenvalue weighted by Crippen LogP contribution is 2.25. The van der Waals surface area contributed by atoms with Gasteiger partial charge >= 0.3 is 0 Å². The predicted molar refractivity (Wildman–Crippen MR) is 111 cm³/mol. The van der Waals surface area contributed by atoms with E-state index in [-0.39, 0.29) is 23.3 Å². The molecular formula is C23H24N2O4. The lowest BCUT2D eigenvalue weighted by molar-refractivity contribution is 0.00878. The smallest absolute Gasteiger partial charge is 0.287 e. The summed E-state index contributed by atoms with van der Waals surface area (Å²) in [6.07, 6.45) is 0. The minimum Gasteiger partial charge on any atom is -0.451 e. The molecule has 1 aliphatic heterocycles. The highest BCUT2D eigenvalue weighted by molar-refractivity contribution is 5.93. The Morgan fingerprint density at radius 2 is 1.72 bits per heavy atom. The molecule has 2 unspecified atom stereocenters. The number of ether oxygens (including phenoxy) is 1. The van der Waals surface area contributed by atoms with Crippen LogP contribution in [0.4, 0.5) is 0 Å². The van der Waals surface area contributed by atoms with Crippen LogP contribution in [-0.4, -0.2) is 43.2 Å².